The highest BCUT2D eigenvalue weighted by Gasteiger charge is 2.36. The van der Waals surface area contributed by atoms with Gasteiger partial charge in [0.1, 0.15) is 0 Å². The van der Waals surface area contributed by atoms with Crippen molar-refractivity contribution in [3.63, 3.8) is 0 Å². The predicted octanol–water partition coefficient (Wildman–Crippen LogP) is 2.15. The SMILES string of the molecule is CCCC[N+]1(C)CCCC1.CO[Si](CCCSCCC(=O)[O-])(OC)OC. The van der Waals surface area contributed by atoms with Gasteiger partial charge in [-0.2, -0.15) is 11.8 Å². The third kappa shape index (κ3) is 11.6. The van der Waals surface area contributed by atoms with Crippen molar-refractivity contribution in [2.24, 2.45) is 0 Å². The van der Waals surface area contributed by atoms with Crippen LogP contribution in [0.1, 0.15) is 45.4 Å². The molecule has 0 aromatic heterocycles. The Morgan fingerprint density at radius 2 is 1.65 bits per heavy atom. The Morgan fingerprint density at radius 3 is 2.12 bits per heavy atom. The van der Waals surface area contributed by atoms with Crippen molar-refractivity contribution in [2.45, 2.75) is 51.5 Å². The van der Waals surface area contributed by atoms with Crippen molar-refractivity contribution in [1.82, 2.24) is 0 Å². The molecule has 0 aromatic carbocycles. The summed E-state index contributed by atoms with van der Waals surface area (Å²) in [4.78, 5) is 10.2. The summed E-state index contributed by atoms with van der Waals surface area (Å²) in [6, 6.07) is 0.745. The molecule has 0 aliphatic carbocycles. The van der Waals surface area contributed by atoms with Gasteiger partial charge in [0, 0.05) is 46.2 Å². The third-order valence-corrected chi connectivity index (χ3v) is 8.75. The van der Waals surface area contributed by atoms with Gasteiger partial charge in [0.15, 0.2) is 0 Å². The smallest absolute Gasteiger partial charge is 0.500 e. The first-order valence-corrected chi connectivity index (χ1v) is 12.7. The molecule has 0 bridgehead atoms. The molecule has 1 rings (SSSR count). The van der Waals surface area contributed by atoms with Crippen molar-refractivity contribution in [3.8, 4) is 0 Å². The Bertz CT molecular complexity index is 355. The molecular formula is C18H39NO5SSi. The van der Waals surface area contributed by atoms with E-state index in [1.165, 1.54) is 49.8 Å². The van der Waals surface area contributed by atoms with E-state index in [-0.39, 0.29) is 6.42 Å². The number of rotatable bonds is 13. The number of aliphatic carboxylic acids is 1. The highest BCUT2D eigenvalue weighted by Crippen LogP contribution is 2.18. The molecule has 0 aromatic rings. The van der Waals surface area contributed by atoms with Crippen LogP contribution in [-0.2, 0) is 18.1 Å². The molecule has 0 unspecified atom stereocenters. The molecule has 8 heteroatoms. The Hall–Kier alpha value is -0.123. The molecule has 0 spiro atoms. The molecule has 1 aliphatic heterocycles. The first kappa shape index (κ1) is 25.9. The van der Waals surface area contributed by atoms with E-state index >= 15 is 0 Å². The summed E-state index contributed by atoms with van der Waals surface area (Å²) < 4.78 is 17.1. The molecule has 6 nitrogen and oxygen atoms in total. The summed E-state index contributed by atoms with van der Waals surface area (Å²) >= 11 is 1.59. The van der Waals surface area contributed by atoms with E-state index in [4.69, 9.17) is 13.3 Å². The van der Waals surface area contributed by atoms with Crippen LogP contribution in [0.3, 0.4) is 0 Å². The van der Waals surface area contributed by atoms with Gasteiger partial charge in [-0.3, -0.25) is 0 Å². The summed E-state index contributed by atoms with van der Waals surface area (Å²) in [5.74, 6) is 0.462. The maximum absolute atomic E-state index is 10.2. The van der Waals surface area contributed by atoms with E-state index in [1.807, 2.05) is 0 Å². The first-order valence-electron chi connectivity index (χ1n) is 9.63. The van der Waals surface area contributed by atoms with E-state index in [2.05, 4.69) is 14.0 Å². The van der Waals surface area contributed by atoms with Crippen LogP contribution < -0.4 is 5.11 Å². The second-order valence-corrected chi connectivity index (χ2v) is 11.3. The predicted molar refractivity (Wildman–Crippen MR) is 108 cm³/mol. The van der Waals surface area contributed by atoms with Crippen molar-refractivity contribution in [3.05, 3.63) is 0 Å². The fourth-order valence-corrected chi connectivity index (χ4v) is 5.91. The lowest BCUT2D eigenvalue weighted by atomic mass is 10.3. The van der Waals surface area contributed by atoms with Crippen LogP contribution in [0.2, 0.25) is 6.04 Å². The number of carbonyl (C=O) groups is 1. The second kappa shape index (κ2) is 14.9. The minimum atomic E-state index is -2.44. The van der Waals surface area contributed by atoms with Crippen LogP contribution in [0.25, 0.3) is 0 Å². The summed E-state index contributed by atoms with van der Waals surface area (Å²) in [5.41, 5.74) is 0. The van der Waals surface area contributed by atoms with E-state index in [0.717, 1.165) is 18.2 Å². The number of hydrogen-bond acceptors (Lipinski definition) is 6. The van der Waals surface area contributed by atoms with Crippen LogP contribution in [0, 0.1) is 0 Å². The maximum Gasteiger partial charge on any atom is 0.500 e. The van der Waals surface area contributed by atoms with Crippen molar-refractivity contribution < 1.29 is 27.7 Å². The summed E-state index contributed by atoms with van der Waals surface area (Å²) in [6.45, 7) is 6.55. The number of carboxylic acid groups (broad SMARTS) is 1. The third-order valence-electron chi connectivity index (χ3n) is 4.85. The number of unbranched alkanes of at least 4 members (excludes halogenated alkanes) is 1. The number of hydrogen-bond donors (Lipinski definition) is 0. The Kier molecular flexibility index (Phi) is 14.8. The van der Waals surface area contributed by atoms with Gasteiger partial charge in [0.2, 0.25) is 0 Å². The zero-order chi connectivity index (χ0) is 19.9. The van der Waals surface area contributed by atoms with Crippen molar-refractivity contribution >= 4 is 26.5 Å². The Balaban J connectivity index is 0.000000531. The topological polar surface area (TPSA) is 67.8 Å². The fourth-order valence-electron chi connectivity index (χ4n) is 3.07. The van der Waals surface area contributed by atoms with E-state index in [0.29, 0.717) is 5.75 Å². The molecule has 1 fully saturated rings. The minimum absolute atomic E-state index is 0.103. The fraction of sp³-hybridized carbons (Fsp3) is 0.944. The standard InChI is InChI=1S/C9H20N.C9H20O5SSi/c1-3-4-7-10(2)8-5-6-9-10;1-12-16(13-2,14-3)8-4-6-15-7-5-9(10)11/h3-9H2,1-2H3;4-8H2,1-3H3,(H,10,11)/q+1;/p-1. The number of carbonyl (C=O) groups excluding carboxylic acids is 1. The zero-order valence-electron chi connectivity index (χ0n) is 17.4. The van der Waals surface area contributed by atoms with Gasteiger partial charge in [-0.15, -0.1) is 0 Å². The van der Waals surface area contributed by atoms with Crippen LogP contribution >= 0.6 is 11.8 Å². The molecule has 156 valence electrons. The zero-order valence-corrected chi connectivity index (χ0v) is 19.2. The second-order valence-electron chi connectivity index (χ2n) is 6.98. The number of nitrogens with zero attached hydrogens (tertiary/aromatic N) is 1. The average Bonchev–Trinajstić information content (AvgIpc) is 3.07. The largest absolute Gasteiger partial charge is 0.550 e. The number of likely N-dealkylation sites (tertiary alicyclic amines) is 1. The lowest BCUT2D eigenvalue weighted by molar-refractivity contribution is -0.897. The van der Waals surface area contributed by atoms with Gasteiger partial charge >= 0.3 is 8.80 Å². The molecule has 0 atom stereocenters. The number of thioether (sulfide) groups is 1. The molecule has 1 saturated heterocycles. The Morgan fingerprint density at radius 1 is 1.08 bits per heavy atom. The van der Waals surface area contributed by atoms with Gasteiger partial charge in [-0.1, -0.05) is 13.3 Å². The number of quaternary nitrogens is 1. The molecule has 0 amide bonds. The van der Waals surface area contributed by atoms with Crippen molar-refractivity contribution in [1.29, 1.82) is 0 Å². The molecule has 0 radical (unpaired) electrons. The molecule has 26 heavy (non-hydrogen) atoms. The molecule has 0 N–H and O–H groups in total. The Labute approximate surface area is 165 Å². The van der Waals surface area contributed by atoms with Gasteiger partial charge in [0.05, 0.1) is 26.7 Å². The van der Waals surface area contributed by atoms with Crippen LogP contribution in [0.4, 0.5) is 0 Å². The van der Waals surface area contributed by atoms with Crippen LogP contribution in [0.5, 0.6) is 0 Å². The highest BCUT2D eigenvalue weighted by atomic mass is 32.2. The first-order chi connectivity index (χ1) is 12.4. The normalized spacial score (nSPS) is 16.2. The van der Waals surface area contributed by atoms with Crippen LogP contribution in [-0.4, -0.2) is 78.8 Å². The lowest BCUT2D eigenvalue weighted by Crippen LogP contribution is -2.42. The quantitative estimate of drug-likeness (QED) is 0.264. The van der Waals surface area contributed by atoms with Crippen LogP contribution in [0.15, 0.2) is 0 Å². The van der Waals surface area contributed by atoms with Gasteiger partial charge in [0.25, 0.3) is 0 Å². The van der Waals surface area contributed by atoms with Crippen molar-refractivity contribution in [2.75, 3.05) is 59.5 Å². The molecule has 1 aliphatic rings. The highest BCUT2D eigenvalue weighted by molar-refractivity contribution is 7.99. The molecular weight excluding hydrogens is 370 g/mol. The average molecular weight is 410 g/mol. The molecule has 1 heterocycles. The maximum atomic E-state index is 10.2. The summed E-state index contributed by atoms with van der Waals surface area (Å²) in [6.07, 6.45) is 6.68. The monoisotopic (exact) mass is 409 g/mol. The van der Waals surface area contributed by atoms with Gasteiger partial charge < -0.3 is 27.7 Å². The molecule has 0 saturated carbocycles. The summed E-state index contributed by atoms with van der Waals surface area (Å²) in [7, 11) is 4.72. The minimum Gasteiger partial charge on any atom is -0.550 e. The van der Waals surface area contributed by atoms with E-state index in [9.17, 15) is 9.90 Å². The van der Waals surface area contributed by atoms with Gasteiger partial charge in [-0.05, 0) is 30.8 Å². The number of carboxylic acids is 1. The lowest BCUT2D eigenvalue weighted by Gasteiger charge is -2.28. The van der Waals surface area contributed by atoms with E-state index in [1.54, 1.807) is 33.1 Å². The van der Waals surface area contributed by atoms with Gasteiger partial charge in [-0.25, -0.2) is 0 Å². The van der Waals surface area contributed by atoms with E-state index < -0.39 is 14.8 Å². The summed E-state index contributed by atoms with van der Waals surface area (Å²) in [5, 5.41) is 10.2.